The third-order valence-corrected chi connectivity index (χ3v) is 4.09. The van der Waals surface area contributed by atoms with Crippen LogP contribution in [0.3, 0.4) is 0 Å². The molecule has 2 atom stereocenters. The second-order valence-corrected chi connectivity index (χ2v) is 6.43. The summed E-state index contributed by atoms with van der Waals surface area (Å²) in [6, 6.07) is 7.51. The summed E-state index contributed by atoms with van der Waals surface area (Å²) in [6.07, 6.45) is 5.69. The summed E-state index contributed by atoms with van der Waals surface area (Å²) in [5.41, 5.74) is 1.19. The zero-order valence-corrected chi connectivity index (χ0v) is 13.2. The minimum Gasteiger partial charge on any atom is -0.311 e. The summed E-state index contributed by atoms with van der Waals surface area (Å²) in [5.74, 6) is 0.746. The molecular weight excluding hydrogens is 246 g/mol. The van der Waals surface area contributed by atoms with Crippen LogP contribution in [0.5, 0.6) is 0 Å². The van der Waals surface area contributed by atoms with E-state index in [-0.39, 0.29) is 0 Å². The fourth-order valence-corrected chi connectivity index (χ4v) is 3.14. The summed E-state index contributed by atoms with van der Waals surface area (Å²) >= 11 is 0. The standard InChI is InChI=1S/C17H29N3/c1-4-7-15-12-20(13-16-8-5-6-9-18-16)17(11-19-15)10-14(2)3/h5-6,8-9,14-15,17,19H,4,7,10-13H2,1-3H3. The molecule has 3 heteroatoms. The molecule has 2 heterocycles. The molecule has 1 aromatic heterocycles. The van der Waals surface area contributed by atoms with E-state index in [9.17, 15) is 0 Å². The van der Waals surface area contributed by atoms with Crippen LogP contribution in [-0.2, 0) is 6.54 Å². The van der Waals surface area contributed by atoms with Gasteiger partial charge in [-0.15, -0.1) is 0 Å². The summed E-state index contributed by atoms with van der Waals surface area (Å²) in [6.45, 7) is 10.2. The molecule has 3 nitrogen and oxygen atoms in total. The molecule has 0 amide bonds. The van der Waals surface area contributed by atoms with Crippen molar-refractivity contribution >= 4 is 0 Å². The zero-order chi connectivity index (χ0) is 14.4. The van der Waals surface area contributed by atoms with Gasteiger partial charge in [-0.05, 0) is 30.9 Å². The van der Waals surface area contributed by atoms with Crippen molar-refractivity contribution in [2.45, 2.75) is 58.7 Å². The highest BCUT2D eigenvalue weighted by Gasteiger charge is 2.27. The van der Waals surface area contributed by atoms with Crippen molar-refractivity contribution in [3.63, 3.8) is 0 Å². The van der Waals surface area contributed by atoms with Crippen LogP contribution in [-0.4, -0.2) is 35.1 Å². The highest BCUT2D eigenvalue weighted by Crippen LogP contribution is 2.19. The quantitative estimate of drug-likeness (QED) is 0.865. The molecule has 1 aliphatic heterocycles. The van der Waals surface area contributed by atoms with Crippen molar-refractivity contribution < 1.29 is 0 Å². The Balaban J connectivity index is 2.01. The lowest BCUT2D eigenvalue weighted by Gasteiger charge is -2.41. The minimum atomic E-state index is 0.644. The number of hydrogen-bond acceptors (Lipinski definition) is 3. The van der Waals surface area contributed by atoms with Gasteiger partial charge in [0.05, 0.1) is 5.69 Å². The van der Waals surface area contributed by atoms with E-state index in [0.717, 1.165) is 25.6 Å². The molecule has 2 rings (SSSR count). The van der Waals surface area contributed by atoms with Crippen molar-refractivity contribution in [3.8, 4) is 0 Å². The Morgan fingerprint density at radius 1 is 1.40 bits per heavy atom. The number of hydrogen-bond donors (Lipinski definition) is 1. The van der Waals surface area contributed by atoms with E-state index in [1.54, 1.807) is 0 Å². The largest absolute Gasteiger partial charge is 0.311 e. The Labute approximate surface area is 123 Å². The fourth-order valence-electron chi connectivity index (χ4n) is 3.14. The van der Waals surface area contributed by atoms with Crippen molar-refractivity contribution in [1.29, 1.82) is 0 Å². The van der Waals surface area contributed by atoms with E-state index in [1.165, 1.54) is 25.0 Å². The molecule has 0 spiro atoms. The number of aromatic nitrogens is 1. The summed E-state index contributed by atoms with van der Waals surface area (Å²) in [7, 11) is 0. The van der Waals surface area contributed by atoms with Crippen molar-refractivity contribution in [1.82, 2.24) is 15.2 Å². The van der Waals surface area contributed by atoms with Gasteiger partial charge >= 0.3 is 0 Å². The Morgan fingerprint density at radius 2 is 2.25 bits per heavy atom. The molecule has 1 aliphatic rings. The molecule has 20 heavy (non-hydrogen) atoms. The highest BCUT2D eigenvalue weighted by molar-refractivity contribution is 5.04. The van der Waals surface area contributed by atoms with Gasteiger partial charge in [0.25, 0.3) is 0 Å². The number of nitrogens with zero attached hydrogens (tertiary/aromatic N) is 2. The van der Waals surface area contributed by atoms with Gasteiger partial charge in [0, 0.05) is 37.9 Å². The van der Waals surface area contributed by atoms with E-state index in [2.05, 4.69) is 48.1 Å². The van der Waals surface area contributed by atoms with Crippen LogP contribution in [0.1, 0.15) is 45.7 Å². The lowest BCUT2D eigenvalue weighted by atomic mass is 9.97. The van der Waals surface area contributed by atoms with E-state index < -0.39 is 0 Å². The van der Waals surface area contributed by atoms with Gasteiger partial charge in [0.1, 0.15) is 0 Å². The maximum absolute atomic E-state index is 4.50. The van der Waals surface area contributed by atoms with Crippen LogP contribution < -0.4 is 5.32 Å². The smallest absolute Gasteiger partial charge is 0.0544 e. The molecule has 1 fully saturated rings. The number of nitrogens with one attached hydrogen (secondary N) is 1. The molecule has 112 valence electrons. The highest BCUT2D eigenvalue weighted by atomic mass is 15.2. The van der Waals surface area contributed by atoms with E-state index in [0.29, 0.717) is 12.1 Å². The molecule has 0 aromatic carbocycles. The molecule has 0 saturated carbocycles. The van der Waals surface area contributed by atoms with Crippen LogP contribution in [0.4, 0.5) is 0 Å². The third kappa shape index (κ3) is 4.57. The lowest BCUT2D eigenvalue weighted by molar-refractivity contribution is 0.102. The van der Waals surface area contributed by atoms with Gasteiger partial charge < -0.3 is 5.32 Å². The van der Waals surface area contributed by atoms with Crippen LogP contribution in [0.15, 0.2) is 24.4 Å². The zero-order valence-electron chi connectivity index (χ0n) is 13.2. The first-order valence-electron chi connectivity index (χ1n) is 8.06. The average molecular weight is 275 g/mol. The number of piperazine rings is 1. The Morgan fingerprint density at radius 3 is 2.90 bits per heavy atom. The summed E-state index contributed by atoms with van der Waals surface area (Å²) in [5, 5.41) is 3.73. The second kappa shape index (κ2) is 7.75. The minimum absolute atomic E-state index is 0.644. The Kier molecular flexibility index (Phi) is 5.99. The van der Waals surface area contributed by atoms with Crippen molar-refractivity contribution in [2.24, 2.45) is 5.92 Å². The van der Waals surface area contributed by atoms with E-state index in [4.69, 9.17) is 0 Å². The van der Waals surface area contributed by atoms with E-state index in [1.807, 2.05) is 12.3 Å². The monoisotopic (exact) mass is 275 g/mol. The van der Waals surface area contributed by atoms with Gasteiger partial charge in [-0.25, -0.2) is 0 Å². The van der Waals surface area contributed by atoms with Crippen LogP contribution in [0, 0.1) is 5.92 Å². The summed E-state index contributed by atoms with van der Waals surface area (Å²) in [4.78, 5) is 7.13. The van der Waals surface area contributed by atoms with Crippen molar-refractivity contribution in [2.75, 3.05) is 13.1 Å². The maximum Gasteiger partial charge on any atom is 0.0544 e. The fraction of sp³-hybridized carbons (Fsp3) is 0.706. The third-order valence-electron chi connectivity index (χ3n) is 4.09. The Hall–Kier alpha value is -0.930. The SMILES string of the molecule is CCCC1CN(Cc2ccccn2)C(CC(C)C)CN1. The van der Waals surface area contributed by atoms with Crippen LogP contribution in [0.2, 0.25) is 0 Å². The molecule has 1 N–H and O–H groups in total. The first kappa shape index (κ1) is 15.5. The predicted octanol–water partition coefficient (Wildman–Crippen LogP) is 3.07. The number of rotatable bonds is 6. The number of pyridine rings is 1. The molecule has 1 aromatic rings. The molecular formula is C17H29N3. The van der Waals surface area contributed by atoms with Crippen LogP contribution >= 0.6 is 0 Å². The van der Waals surface area contributed by atoms with Gasteiger partial charge in [-0.3, -0.25) is 9.88 Å². The molecule has 0 aliphatic carbocycles. The summed E-state index contributed by atoms with van der Waals surface area (Å²) < 4.78 is 0. The maximum atomic E-state index is 4.50. The normalized spacial score (nSPS) is 24.2. The molecule has 1 saturated heterocycles. The van der Waals surface area contributed by atoms with E-state index >= 15 is 0 Å². The van der Waals surface area contributed by atoms with Crippen LogP contribution in [0.25, 0.3) is 0 Å². The van der Waals surface area contributed by atoms with Gasteiger partial charge in [0.15, 0.2) is 0 Å². The average Bonchev–Trinajstić information content (AvgIpc) is 2.43. The van der Waals surface area contributed by atoms with Gasteiger partial charge in [0.2, 0.25) is 0 Å². The Bertz CT molecular complexity index is 377. The first-order chi connectivity index (χ1) is 9.69. The van der Waals surface area contributed by atoms with Gasteiger partial charge in [-0.1, -0.05) is 33.3 Å². The van der Waals surface area contributed by atoms with Crippen molar-refractivity contribution in [3.05, 3.63) is 30.1 Å². The predicted molar refractivity (Wildman–Crippen MR) is 84.6 cm³/mol. The van der Waals surface area contributed by atoms with Gasteiger partial charge in [-0.2, -0.15) is 0 Å². The molecule has 0 bridgehead atoms. The topological polar surface area (TPSA) is 28.2 Å². The lowest BCUT2D eigenvalue weighted by Crippen LogP contribution is -2.56. The molecule has 0 radical (unpaired) electrons. The molecule has 2 unspecified atom stereocenters. The first-order valence-corrected chi connectivity index (χ1v) is 8.06. The second-order valence-electron chi connectivity index (χ2n) is 6.43.